The lowest BCUT2D eigenvalue weighted by atomic mass is 9.79. The quantitative estimate of drug-likeness (QED) is 0.734. The van der Waals surface area contributed by atoms with Crippen LogP contribution in [-0.4, -0.2) is 41.1 Å². The predicted molar refractivity (Wildman–Crippen MR) is 66.0 cm³/mol. The molecule has 0 atom stereocenters. The number of rotatable bonds is 2. The Bertz CT molecular complexity index is 447. The van der Waals surface area contributed by atoms with E-state index in [-0.39, 0.29) is 11.4 Å². The summed E-state index contributed by atoms with van der Waals surface area (Å²) in [5.74, 6) is -0.906. The van der Waals surface area contributed by atoms with Crippen molar-refractivity contribution in [2.24, 2.45) is 0 Å². The first-order chi connectivity index (χ1) is 8.59. The van der Waals surface area contributed by atoms with Gasteiger partial charge < -0.3 is 14.9 Å². The predicted octanol–water partition coefficient (Wildman–Crippen LogP) is 0.132. The van der Waals surface area contributed by atoms with E-state index in [2.05, 4.69) is 0 Å². The van der Waals surface area contributed by atoms with E-state index >= 15 is 0 Å². The number of nitrogens with zero attached hydrogens (tertiary/aromatic N) is 1. The number of piperidine rings is 1. The molecule has 1 aliphatic heterocycles. The Hall–Kier alpha value is -1.40. The standard InChI is InChI=1S/C12H15BFNO3/c14-11-5-4-9(8-10(11)13(17)18)12(16)15-6-2-1-3-7-15/h4-5,8,17-18H,1-3,6-7H2. The smallest absolute Gasteiger partial charge is 0.423 e. The van der Waals surface area contributed by atoms with Crippen LogP contribution < -0.4 is 5.46 Å². The molecule has 1 heterocycles. The average Bonchev–Trinajstić information content (AvgIpc) is 2.39. The first-order valence-electron chi connectivity index (χ1n) is 6.04. The van der Waals surface area contributed by atoms with Gasteiger partial charge in [-0.2, -0.15) is 0 Å². The van der Waals surface area contributed by atoms with Crippen LogP contribution in [0.5, 0.6) is 0 Å². The second-order valence-electron chi connectivity index (χ2n) is 4.46. The number of likely N-dealkylation sites (tertiary alicyclic amines) is 1. The van der Waals surface area contributed by atoms with Crippen molar-refractivity contribution in [1.82, 2.24) is 4.90 Å². The highest BCUT2D eigenvalue weighted by molar-refractivity contribution is 6.58. The van der Waals surface area contributed by atoms with Crippen LogP contribution >= 0.6 is 0 Å². The minimum Gasteiger partial charge on any atom is -0.423 e. The second-order valence-corrected chi connectivity index (χ2v) is 4.46. The van der Waals surface area contributed by atoms with Gasteiger partial charge in [-0.25, -0.2) is 4.39 Å². The van der Waals surface area contributed by atoms with E-state index in [1.807, 2.05) is 0 Å². The summed E-state index contributed by atoms with van der Waals surface area (Å²) in [4.78, 5) is 13.8. The van der Waals surface area contributed by atoms with Gasteiger partial charge in [0.1, 0.15) is 5.82 Å². The van der Waals surface area contributed by atoms with Gasteiger partial charge in [0.25, 0.3) is 5.91 Å². The molecule has 6 heteroatoms. The van der Waals surface area contributed by atoms with Gasteiger partial charge in [0, 0.05) is 24.1 Å². The molecule has 1 amide bonds. The van der Waals surface area contributed by atoms with E-state index in [0.29, 0.717) is 18.7 Å². The third-order valence-corrected chi connectivity index (χ3v) is 3.16. The molecule has 1 aliphatic rings. The number of carbonyl (C=O) groups excluding carboxylic acids is 1. The zero-order chi connectivity index (χ0) is 13.1. The van der Waals surface area contributed by atoms with Gasteiger partial charge in [0.15, 0.2) is 0 Å². The number of hydrogen-bond donors (Lipinski definition) is 2. The summed E-state index contributed by atoms with van der Waals surface area (Å²) >= 11 is 0. The van der Waals surface area contributed by atoms with Crippen LogP contribution in [0.2, 0.25) is 0 Å². The molecule has 0 spiro atoms. The van der Waals surface area contributed by atoms with E-state index in [1.54, 1.807) is 4.90 Å². The topological polar surface area (TPSA) is 60.8 Å². The highest BCUT2D eigenvalue weighted by Crippen LogP contribution is 2.13. The van der Waals surface area contributed by atoms with E-state index in [9.17, 15) is 9.18 Å². The Morgan fingerprint density at radius 1 is 1.22 bits per heavy atom. The Morgan fingerprint density at radius 2 is 1.89 bits per heavy atom. The average molecular weight is 251 g/mol. The molecule has 2 N–H and O–H groups in total. The molecule has 0 aromatic heterocycles. The molecule has 0 aliphatic carbocycles. The Morgan fingerprint density at radius 3 is 2.50 bits per heavy atom. The highest BCUT2D eigenvalue weighted by atomic mass is 19.1. The third kappa shape index (κ3) is 2.71. The zero-order valence-corrected chi connectivity index (χ0v) is 9.97. The van der Waals surface area contributed by atoms with Crippen molar-refractivity contribution in [1.29, 1.82) is 0 Å². The lowest BCUT2D eigenvalue weighted by Crippen LogP contribution is -2.38. The lowest BCUT2D eigenvalue weighted by molar-refractivity contribution is 0.0724. The van der Waals surface area contributed by atoms with Gasteiger partial charge in [0.2, 0.25) is 0 Å². The van der Waals surface area contributed by atoms with Crippen LogP contribution in [0.15, 0.2) is 18.2 Å². The van der Waals surface area contributed by atoms with Crippen molar-refractivity contribution in [2.45, 2.75) is 19.3 Å². The molecule has 0 unspecified atom stereocenters. The first-order valence-corrected chi connectivity index (χ1v) is 6.04. The summed E-state index contributed by atoms with van der Waals surface area (Å²) in [5.41, 5.74) is 0.0271. The van der Waals surface area contributed by atoms with Crippen LogP contribution in [0.3, 0.4) is 0 Å². The van der Waals surface area contributed by atoms with E-state index in [1.165, 1.54) is 12.1 Å². The fourth-order valence-electron chi connectivity index (χ4n) is 2.15. The molecular formula is C12H15BFNO3. The molecule has 18 heavy (non-hydrogen) atoms. The van der Waals surface area contributed by atoms with E-state index in [0.717, 1.165) is 25.3 Å². The normalized spacial score (nSPS) is 15.6. The minimum atomic E-state index is -1.90. The van der Waals surface area contributed by atoms with Crippen molar-refractivity contribution in [2.75, 3.05) is 13.1 Å². The fraction of sp³-hybridized carbons (Fsp3) is 0.417. The Balaban J connectivity index is 2.22. The number of carbonyl (C=O) groups is 1. The molecule has 1 aromatic rings. The molecule has 0 radical (unpaired) electrons. The van der Waals surface area contributed by atoms with Gasteiger partial charge in [-0.15, -0.1) is 0 Å². The number of halogens is 1. The molecule has 4 nitrogen and oxygen atoms in total. The third-order valence-electron chi connectivity index (χ3n) is 3.16. The van der Waals surface area contributed by atoms with Crippen molar-refractivity contribution in [3.05, 3.63) is 29.6 Å². The van der Waals surface area contributed by atoms with Gasteiger partial charge in [-0.05, 0) is 37.5 Å². The van der Waals surface area contributed by atoms with Crippen LogP contribution in [0, 0.1) is 5.82 Å². The van der Waals surface area contributed by atoms with Crippen molar-refractivity contribution in [3.8, 4) is 0 Å². The molecule has 0 saturated carbocycles. The van der Waals surface area contributed by atoms with Crippen LogP contribution in [0.25, 0.3) is 0 Å². The monoisotopic (exact) mass is 251 g/mol. The summed E-state index contributed by atoms with van der Waals surface area (Å²) in [6.45, 7) is 1.40. The number of benzene rings is 1. The largest absolute Gasteiger partial charge is 0.491 e. The number of amides is 1. The molecule has 2 rings (SSSR count). The summed E-state index contributed by atoms with van der Waals surface area (Å²) < 4.78 is 13.3. The molecule has 1 fully saturated rings. The van der Waals surface area contributed by atoms with Crippen LogP contribution in [-0.2, 0) is 0 Å². The van der Waals surface area contributed by atoms with Crippen molar-refractivity contribution >= 4 is 18.5 Å². The first kappa shape index (κ1) is 13.0. The zero-order valence-electron chi connectivity index (χ0n) is 9.97. The van der Waals surface area contributed by atoms with Crippen molar-refractivity contribution < 1.29 is 19.2 Å². The molecular weight excluding hydrogens is 236 g/mol. The minimum absolute atomic E-state index is 0.184. The maximum absolute atomic E-state index is 13.3. The van der Waals surface area contributed by atoms with E-state index < -0.39 is 12.9 Å². The second kappa shape index (κ2) is 5.50. The Labute approximate surface area is 105 Å². The summed E-state index contributed by atoms with van der Waals surface area (Å²) in [7, 11) is -1.90. The summed E-state index contributed by atoms with van der Waals surface area (Å²) in [6.07, 6.45) is 3.07. The SMILES string of the molecule is O=C(c1ccc(F)c(B(O)O)c1)N1CCCCC1. The lowest BCUT2D eigenvalue weighted by Gasteiger charge is -2.26. The van der Waals surface area contributed by atoms with Gasteiger partial charge in [-0.1, -0.05) is 0 Å². The van der Waals surface area contributed by atoms with E-state index in [4.69, 9.17) is 10.0 Å². The summed E-state index contributed by atoms with van der Waals surface area (Å²) in [6, 6.07) is 3.67. The van der Waals surface area contributed by atoms with Gasteiger partial charge >= 0.3 is 7.12 Å². The molecule has 96 valence electrons. The maximum atomic E-state index is 13.3. The molecule has 1 saturated heterocycles. The van der Waals surface area contributed by atoms with Gasteiger partial charge in [0.05, 0.1) is 0 Å². The van der Waals surface area contributed by atoms with Crippen LogP contribution in [0.1, 0.15) is 29.6 Å². The number of hydrogen-bond acceptors (Lipinski definition) is 3. The summed E-state index contributed by atoms with van der Waals surface area (Å²) in [5, 5.41) is 18.0. The highest BCUT2D eigenvalue weighted by Gasteiger charge is 2.22. The van der Waals surface area contributed by atoms with Crippen LogP contribution in [0.4, 0.5) is 4.39 Å². The van der Waals surface area contributed by atoms with Gasteiger partial charge in [-0.3, -0.25) is 4.79 Å². The maximum Gasteiger partial charge on any atom is 0.491 e. The van der Waals surface area contributed by atoms with Crippen molar-refractivity contribution in [3.63, 3.8) is 0 Å². The molecule has 0 bridgehead atoms. The Kier molecular flexibility index (Phi) is 3.99. The fourth-order valence-corrected chi connectivity index (χ4v) is 2.15. The molecule has 1 aromatic carbocycles.